The molecule has 18 heavy (non-hydrogen) atoms. The summed E-state index contributed by atoms with van der Waals surface area (Å²) in [5, 5.41) is 3.18. The molecule has 2 heterocycles. The molecule has 5 heteroatoms. The molecule has 2 rings (SSSR count). The minimum atomic E-state index is 0.514. The van der Waals surface area contributed by atoms with Gasteiger partial charge in [0.05, 0.1) is 17.2 Å². The first kappa shape index (κ1) is 13.3. The first-order valence-corrected chi connectivity index (χ1v) is 7.15. The number of pyridine rings is 1. The van der Waals surface area contributed by atoms with Gasteiger partial charge in [0, 0.05) is 24.0 Å². The number of alkyl halides is 1. The van der Waals surface area contributed by atoms with Gasteiger partial charge in [0.25, 0.3) is 0 Å². The first-order valence-electron chi connectivity index (χ1n) is 5.74. The van der Waals surface area contributed by atoms with Crippen molar-refractivity contribution in [3.8, 4) is 0 Å². The molecule has 0 saturated carbocycles. The standard InChI is InChI=1S/C13H16ClN3S/c1-9-4-11(6-14)5-13(15-9)17(3)7-12-8-18-10(2)16-12/h4-5,8H,6-7H2,1-3H3. The number of halogens is 1. The van der Waals surface area contributed by atoms with Crippen LogP contribution in [0.2, 0.25) is 0 Å². The maximum absolute atomic E-state index is 5.88. The number of hydrogen-bond acceptors (Lipinski definition) is 4. The molecule has 0 atom stereocenters. The van der Waals surface area contributed by atoms with Crippen molar-refractivity contribution in [1.82, 2.24) is 9.97 Å². The van der Waals surface area contributed by atoms with E-state index in [9.17, 15) is 0 Å². The predicted molar refractivity (Wildman–Crippen MR) is 77.5 cm³/mol. The topological polar surface area (TPSA) is 29.0 Å². The summed E-state index contributed by atoms with van der Waals surface area (Å²) in [6, 6.07) is 4.04. The Kier molecular flexibility index (Phi) is 4.19. The predicted octanol–water partition coefficient (Wildman–Crippen LogP) is 3.53. The van der Waals surface area contributed by atoms with Crippen molar-refractivity contribution in [2.24, 2.45) is 0 Å². The van der Waals surface area contributed by atoms with Crippen LogP contribution in [-0.4, -0.2) is 17.0 Å². The van der Waals surface area contributed by atoms with E-state index in [4.69, 9.17) is 11.6 Å². The molecule has 0 aliphatic rings. The second-order valence-corrected chi connectivity index (χ2v) is 5.65. The number of aryl methyl sites for hydroxylation is 2. The Labute approximate surface area is 116 Å². The van der Waals surface area contributed by atoms with Gasteiger partial charge in [-0.05, 0) is 31.5 Å². The number of rotatable bonds is 4. The highest BCUT2D eigenvalue weighted by molar-refractivity contribution is 7.09. The summed E-state index contributed by atoms with van der Waals surface area (Å²) in [6.07, 6.45) is 0. The summed E-state index contributed by atoms with van der Waals surface area (Å²) >= 11 is 7.56. The van der Waals surface area contributed by atoms with Crippen molar-refractivity contribution in [3.63, 3.8) is 0 Å². The van der Waals surface area contributed by atoms with E-state index >= 15 is 0 Å². The van der Waals surface area contributed by atoms with Gasteiger partial charge in [-0.1, -0.05) is 0 Å². The van der Waals surface area contributed by atoms with Gasteiger partial charge in [0.15, 0.2) is 0 Å². The Morgan fingerprint density at radius 2 is 2.06 bits per heavy atom. The molecule has 0 aromatic carbocycles. The summed E-state index contributed by atoms with van der Waals surface area (Å²) in [5.74, 6) is 1.45. The lowest BCUT2D eigenvalue weighted by Gasteiger charge is -2.18. The molecule has 3 nitrogen and oxygen atoms in total. The summed E-state index contributed by atoms with van der Waals surface area (Å²) in [5.41, 5.74) is 3.17. The normalized spacial score (nSPS) is 10.7. The number of anilines is 1. The fraction of sp³-hybridized carbons (Fsp3) is 0.385. The van der Waals surface area contributed by atoms with Gasteiger partial charge < -0.3 is 4.90 Å². The molecule has 0 bridgehead atoms. The van der Waals surface area contributed by atoms with Crippen molar-refractivity contribution in [1.29, 1.82) is 0 Å². The van der Waals surface area contributed by atoms with E-state index in [1.54, 1.807) is 11.3 Å². The molecule has 0 N–H and O–H groups in total. The molecule has 0 fully saturated rings. The molecule has 0 radical (unpaired) electrons. The molecule has 0 unspecified atom stereocenters. The monoisotopic (exact) mass is 281 g/mol. The highest BCUT2D eigenvalue weighted by Gasteiger charge is 2.07. The molecule has 0 spiro atoms. The average Bonchev–Trinajstić information content (AvgIpc) is 2.73. The fourth-order valence-corrected chi connectivity index (χ4v) is 2.56. The molecular weight excluding hydrogens is 266 g/mol. The minimum absolute atomic E-state index is 0.514. The summed E-state index contributed by atoms with van der Waals surface area (Å²) < 4.78 is 0. The maximum atomic E-state index is 5.88. The smallest absolute Gasteiger partial charge is 0.129 e. The van der Waals surface area contributed by atoms with E-state index in [1.807, 2.05) is 33.0 Å². The van der Waals surface area contributed by atoms with Crippen molar-refractivity contribution < 1.29 is 0 Å². The lowest BCUT2D eigenvalue weighted by Crippen LogP contribution is -2.18. The van der Waals surface area contributed by atoms with E-state index < -0.39 is 0 Å². The third-order valence-electron chi connectivity index (χ3n) is 2.61. The van der Waals surface area contributed by atoms with Crippen molar-refractivity contribution >= 4 is 28.8 Å². The largest absolute Gasteiger partial charge is 0.354 e. The van der Waals surface area contributed by atoms with Crippen LogP contribution in [0.15, 0.2) is 17.5 Å². The molecule has 2 aromatic heterocycles. The Hall–Kier alpha value is -1.13. The van der Waals surface area contributed by atoms with E-state index in [1.165, 1.54) is 0 Å². The van der Waals surface area contributed by atoms with Crippen LogP contribution >= 0.6 is 22.9 Å². The molecule has 0 amide bonds. The SMILES string of the molecule is Cc1cc(CCl)cc(N(C)Cc2csc(C)n2)n1. The molecule has 2 aromatic rings. The van der Waals surface area contributed by atoms with Crippen LogP contribution in [0.5, 0.6) is 0 Å². The number of aromatic nitrogens is 2. The Bertz CT molecular complexity index is 539. The highest BCUT2D eigenvalue weighted by atomic mass is 35.5. The van der Waals surface area contributed by atoms with Crippen LogP contribution in [0.3, 0.4) is 0 Å². The van der Waals surface area contributed by atoms with Gasteiger partial charge in [-0.2, -0.15) is 0 Å². The fourth-order valence-electron chi connectivity index (χ4n) is 1.80. The van der Waals surface area contributed by atoms with Crippen molar-refractivity contribution in [2.45, 2.75) is 26.3 Å². The van der Waals surface area contributed by atoms with Crippen LogP contribution in [0, 0.1) is 13.8 Å². The lowest BCUT2D eigenvalue weighted by molar-refractivity contribution is 0.864. The quantitative estimate of drug-likeness (QED) is 0.803. The summed E-state index contributed by atoms with van der Waals surface area (Å²) in [4.78, 5) is 11.1. The van der Waals surface area contributed by atoms with Gasteiger partial charge in [-0.15, -0.1) is 22.9 Å². The minimum Gasteiger partial charge on any atom is -0.354 e. The third-order valence-corrected chi connectivity index (χ3v) is 3.74. The van der Waals surface area contributed by atoms with E-state index in [0.29, 0.717) is 5.88 Å². The van der Waals surface area contributed by atoms with Gasteiger partial charge in [0.2, 0.25) is 0 Å². The van der Waals surface area contributed by atoms with E-state index in [0.717, 1.165) is 34.3 Å². The Morgan fingerprint density at radius 3 is 2.67 bits per heavy atom. The number of thiazole rings is 1. The maximum Gasteiger partial charge on any atom is 0.129 e. The zero-order valence-electron chi connectivity index (χ0n) is 10.8. The van der Waals surface area contributed by atoms with Gasteiger partial charge in [-0.25, -0.2) is 9.97 Å². The Balaban J connectivity index is 2.17. The number of hydrogen-bond donors (Lipinski definition) is 0. The first-order chi connectivity index (χ1) is 8.58. The van der Waals surface area contributed by atoms with E-state index in [-0.39, 0.29) is 0 Å². The van der Waals surface area contributed by atoms with Crippen molar-refractivity contribution in [3.05, 3.63) is 39.5 Å². The second-order valence-electron chi connectivity index (χ2n) is 4.32. The van der Waals surface area contributed by atoms with Crippen molar-refractivity contribution in [2.75, 3.05) is 11.9 Å². The highest BCUT2D eigenvalue weighted by Crippen LogP contribution is 2.18. The van der Waals surface area contributed by atoms with Gasteiger partial charge >= 0.3 is 0 Å². The Morgan fingerprint density at radius 1 is 1.28 bits per heavy atom. The van der Waals surface area contributed by atoms with Crippen LogP contribution in [0.25, 0.3) is 0 Å². The zero-order chi connectivity index (χ0) is 13.1. The summed E-state index contributed by atoms with van der Waals surface area (Å²) in [7, 11) is 2.02. The lowest BCUT2D eigenvalue weighted by atomic mass is 10.2. The van der Waals surface area contributed by atoms with Crippen LogP contribution in [0.1, 0.15) is 22.0 Å². The molecular formula is C13H16ClN3S. The second kappa shape index (κ2) is 5.67. The molecule has 0 aliphatic heterocycles. The molecule has 96 valence electrons. The third kappa shape index (κ3) is 3.21. The number of nitrogens with zero attached hydrogens (tertiary/aromatic N) is 3. The zero-order valence-corrected chi connectivity index (χ0v) is 12.3. The van der Waals surface area contributed by atoms with Crippen LogP contribution < -0.4 is 4.90 Å². The summed E-state index contributed by atoms with van der Waals surface area (Å²) in [6.45, 7) is 4.77. The molecule has 0 aliphatic carbocycles. The van der Waals surface area contributed by atoms with Crippen LogP contribution in [0.4, 0.5) is 5.82 Å². The average molecular weight is 282 g/mol. The van der Waals surface area contributed by atoms with Crippen LogP contribution in [-0.2, 0) is 12.4 Å². The van der Waals surface area contributed by atoms with Gasteiger partial charge in [-0.3, -0.25) is 0 Å². The molecule has 0 saturated heterocycles. The van der Waals surface area contributed by atoms with Gasteiger partial charge in [0.1, 0.15) is 5.82 Å². The van der Waals surface area contributed by atoms with E-state index in [2.05, 4.69) is 20.2 Å².